The van der Waals surface area contributed by atoms with Crippen molar-refractivity contribution in [1.29, 1.82) is 0 Å². The lowest BCUT2D eigenvalue weighted by atomic mass is 9.97. The van der Waals surface area contributed by atoms with Gasteiger partial charge >= 0.3 is 6.61 Å². The first-order valence-corrected chi connectivity index (χ1v) is 7.44. The second-order valence-electron chi connectivity index (χ2n) is 5.36. The van der Waals surface area contributed by atoms with Crippen LogP contribution in [0.15, 0.2) is 18.2 Å². The highest BCUT2D eigenvalue weighted by Gasteiger charge is 2.23. The van der Waals surface area contributed by atoms with E-state index in [1.165, 1.54) is 5.56 Å². The van der Waals surface area contributed by atoms with Crippen LogP contribution in [0.3, 0.4) is 0 Å². The zero-order valence-electron chi connectivity index (χ0n) is 12.2. The number of carbonyl (C=O) groups excluding carboxylic acids is 1. The Morgan fingerprint density at radius 1 is 1.48 bits per heavy atom. The lowest BCUT2D eigenvalue weighted by Crippen LogP contribution is -2.24. The number of alkyl halides is 2. The minimum atomic E-state index is -2.80. The molecule has 1 unspecified atom stereocenters. The third kappa shape index (κ3) is 4.41. The summed E-state index contributed by atoms with van der Waals surface area (Å²) in [5.74, 6) is 0.597. The van der Waals surface area contributed by atoms with Crippen molar-refractivity contribution < 1.29 is 18.3 Å². The van der Waals surface area contributed by atoms with Crippen molar-refractivity contribution in [3.05, 3.63) is 29.3 Å². The summed E-state index contributed by atoms with van der Waals surface area (Å²) < 4.78 is 29.0. The largest absolute Gasteiger partial charge is 0.435 e. The van der Waals surface area contributed by atoms with Crippen LogP contribution in [0.1, 0.15) is 49.7 Å². The van der Waals surface area contributed by atoms with Crippen LogP contribution in [-0.2, 0) is 11.2 Å². The third-order valence-electron chi connectivity index (χ3n) is 3.84. The van der Waals surface area contributed by atoms with Gasteiger partial charge in [0.2, 0.25) is 5.91 Å². The van der Waals surface area contributed by atoms with Crippen LogP contribution in [0.4, 0.5) is 8.78 Å². The van der Waals surface area contributed by atoms with Gasteiger partial charge in [-0.2, -0.15) is 8.78 Å². The van der Waals surface area contributed by atoms with Gasteiger partial charge in [-0.25, -0.2) is 0 Å². The molecule has 3 nitrogen and oxygen atoms in total. The summed E-state index contributed by atoms with van der Waals surface area (Å²) in [6.07, 6.45) is 4.18. The van der Waals surface area contributed by atoms with Crippen LogP contribution in [0, 0.1) is 0 Å². The van der Waals surface area contributed by atoms with E-state index in [4.69, 9.17) is 0 Å². The highest BCUT2D eigenvalue weighted by molar-refractivity contribution is 5.75. The first kappa shape index (κ1) is 15.7. The van der Waals surface area contributed by atoms with Gasteiger partial charge < -0.3 is 10.1 Å². The molecule has 0 radical (unpaired) electrons. The van der Waals surface area contributed by atoms with Crippen LogP contribution >= 0.6 is 0 Å². The molecule has 0 aliphatic heterocycles. The molecule has 1 aromatic rings. The van der Waals surface area contributed by atoms with E-state index in [1.54, 1.807) is 12.1 Å². The van der Waals surface area contributed by atoms with Crippen molar-refractivity contribution in [2.45, 2.75) is 51.6 Å². The minimum Gasteiger partial charge on any atom is -0.435 e. The van der Waals surface area contributed by atoms with E-state index in [-0.39, 0.29) is 11.7 Å². The molecule has 0 aromatic heterocycles. The van der Waals surface area contributed by atoms with Crippen LogP contribution in [0.25, 0.3) is 0 Å². The molecule has 1 aliphatic rings. The molecular weight excluding hydrogens is 276 g/mol. The number of nitrogens with one attached hydrogen (secondary N) is 1. The zero-order valence-corrected chi connectivity index (χ0v) is 12.2. The first-order valence-electron chi connectivity index (χ1n) is 7.44. The van der Waals surface area contributed by atoms with Crippen molar-refractivity contribution in [2.24, 2.45) is 0 Å². The van der Waals surface area contributed by atoms with E-state index in [1.807, 2.05) is 13.0 Å². The fourth-order valence-electron chi connectivity index (χ4n) is 2.84. The summed E-state index contributed by atoms with van der Waals surface area (Å²) in [6.45, 7) is -0.198. The van der Waals surface area contributed by atoms with Gasteiger partial charge in [0, 0.05) is 13.0 Å². The van der Waals surface area contributed by atoms with Gasteiger partial charge in [0.15, 0.2) is 0 Å². The molecule has 1 aromatic carbocycles. The number of halogens is 2. The molecule has 0 fully saturated rings. The highest BCUT2D eigenvalue weighted by Crippen LogP contribution is 2.37. The van der Waals surface area contributed by atoms with E-state index < -0.39 is 6.61 Å². The predicted molar refractivity (Wildman–Crippen MR) is 76.7 cm³/mol. The maximum absolute atomic E-state index is 12.3. The van der Waals surface area contributed by atoms with Crippen molar-refractivity contribution in [2.75, 3.05) is 6.54 Å². The molecule has 0 spiro atoms. The van der Waals surface area contributed by atoms with Crippen LogP contribution in [0.5, 0.6) is 5.75 Å². The third-order valence-corrected chi connectivity index (χ3v) is 3.84. The summed E-state index contributed by atoms with van der Waals surface area (Å²) in [4.78, 5) is 11.4. The molecule has 116 valence electrons. The normalized spacial score (nSPS) is 16.9. The Labute approximate surface area is 123 Å². The maximum atomic E-state index is 12.3. The van der Waals surface area contributed by atoms with Gasteiger partial charge in [-0.1, -0.05) is 13.0 Å². The first-order chi connectivity index (χ1) is 10.1. The Hall–Kier alpha value is -1.65. The number of rotatable bonds is 7. The molecule has 21 heavy (non-hydrogen) atoms. The van der Waals surface area contributed by atoms with Gasteiger partial charge in [-0.05, 0) is 54.9 Å². The quantitative estimate of drug-likeness (QED) is 0.834. The van der Waals surface area contributed by atoms with Crippen LogP contribution in [-0.4, -0.2) is 19.1 Å². The number of fused-ring (bicyclic) bond motifs is 1. The summed E-state index contributed by atoms with van der Waals surface area (Å²) in [5.41, 5.74) is 2.28. The number of aryl methyl sites for hydroxylation is 1. The average molecular weight is 297 g/mol. The van der Waals surface area contributed by atoms with E-state index in [2.05, 4.69) is 10.1 Å². The standard InChI is InChI=1S/C16H21F2NO2/c1-2-3-15(20)19-9-8-12-5-4-11-6-7-13(10-14(11)12)21-16(17)18/h6-7,10,12,16H,2-5,8-9H2,1H3,(H,19,20). The SMILES string of the molecule is CCCC(=O)NCCC1CCc2ccc(OC(F)F)cc21. The molecule has 2 rings (SSSR count). The van der Waals surface area contributed by atoms with Crippen molar-refractivity contribution in [1.82, 2.24) is 5.32 Å². The highest BCUT2D eigenvalue weighted by atomic mass is 19.3. The molecule has 1 amide bonds. The van der Waals surface area contributed by atoms with E-state index in [0.29, 0.717) is 18.9 Å². The molecule has 0 saturated carbocycles. The van der Waals surface area contributed by atoms with Gasteiger partial charge in [0.05, 0.1) is 0 Å². The molecule has 0 bridgehead atoms. The smallest absolute Gasteiger partial charge is 0.387 e. The van der Waals surface area contributed by atoms with Crippen molar-refractivity contribution in [3.8, 4) is 5.75 Å². The Balaban J connectivity index is 1.92. The van der Waals surface area contributed by atoms with Gasteiger partial charge in [0.1, 0.15) is 5.75 Å². The van der Waals surface area contributed by atoms with Crippen molar-refractivity contribution >= 4 is 5.91 Å². The summed E-state index contributed by atoms with van der Waals surface area (Å²) in [6, 6.07) is 5.17. The number of hydrogen-bond donors (Lipinski definition) is 1. The topological polar surface area (TPSA) is 38.3 Å². The lowest BCUT2D eigenvalue weighted by molar-refractivity contribution is -0.121. The number of amides is 1. The van der Waals surface area contributed by atoms with E-state index >= 15 is 0 Å². The average Bonchev–Trinajstić information content (AvgIpc) is 2.81. The Morgan fingerprint density at radius 2 is 2.29 bits per heavy atom. The van der Waals surface area contributed by atoms with Gasteiger partial charge in [0.25, 0.3) is 0 Å². The molecule has 5 heteroatoms. The van der Waals surface area contributed by atoms with Crippen molar-refractivity contribution in [3.63, 3.8) is 0 Å². The maximum Gasteiger partial charge on any atom is 0.387 e. The molecule has 1 aliphatic carbocycles. The Bertz CT molecular complexity index is 491. The van der Waals surface area contributed by atoms with Crippen LogP contribution in [0.2, 0.25) is 0 Å². The molecule has 0 saturated heterocycles. The summed E-state index contributed by atoms with van der Waals surface area (Å²) >= 11 is 0. The van der Waals surface area contributed by atoms with Gasteiger partial charge in [-0.3, -0.25) is 4.79 Å². The predicted octanol–water partition coefficient (Wildman–Crippen LogP) is 3.62. The summed E-state index contributed by atoms with van der Waals surface area (Å²) in [7, 11) is 0. The Kier molecular flexibility index (Phi) is 5.53. The van der Waals surface area contributed by atoms with E-state index in [0.717, 1.165) is 31.2 Å². The second kappa shape index (κ2) is 7.38. The summed E-state index contributed by atoms with van der Waals surface area (Å²) in [5, 5.41) is 2.90. The fourth-order valence-corrected chi connectivity index (χ4v) is 2.84. The number of carbonyl (C=O) groups is 1. The molecule has 1 N–H and O–H groups in total. The molecule has 1 atom stereocenters. The zero-order chi connectivity index (χ0) is 15.2. The number of hydrogen-bond acceptors (Lipinski definition) is 2. The van der Waals surface area contributed by atoms with Crippen LogP contribution < -0.4 is 10.1 Å². The Morgan fingerprint density at radius 3 is 3.00 bits per heavy atom. The molecular formula is C16H21F2NO2. The molecule has 0 heterocycles. The lowest BCUT2D eigenvalue weighted by Gasteiger charge is -2.13. The monoisotopic (exact) mass is 297 g/mol. The number of benzene rings is 1. The van der Waals surface area contributed by atoms with Gasteiger partial charge in [-0.15, -0.1) is 0 Å². The second-order valence-corrected chi connectivity index (χ2v) is 5.36. The fraction of sp³-hybridized carbons (Fsp3) is 0.562. The number of ether oxygens (including phenoxy) is 1. The minimum absolute atomic E-state index is 0.0745. The van der Waals surface area contributed by atoms with E-state index in [9.17, 15) is 13.6 Å².